The molecule has 0 saturated heterocycles. The Hall–Kier alpha value is -4.27. The zero-order valence-electron chi connectivity index (χ0n) is 17.5. The van der Waals surface area contributed by atoms with Crippen molar-refractivity contribution in [3.63, 3.8) is 0 Å². The molecule has 0 bridgehead atoms. The van der Waals surface area contributed by atoms with Crippen LogP contribution in [0, 0.1) is 11.6 Å². The maximum absolute atomic E-state index is 13.7. The molecule has 4 aromatic rings. The molecule has 4 rings (SSSR count). The van der Waals surface area contributed by atoms with Crippen LogP contribution < -0.4 is 10.2 Å². The molecule has 0 fully saturated rings. The number of hydrogen-bond acceptors (Lipinski definition) is 6. The molecule has 33 heavy (non-hydrogen) atoms. The Morgan fingerprint density at radius 2 is 1.82 bits per heavy atom. The summed E-state index contributed by atoms with van der Waals surface area (Å²) in [6.45, 7) is 0.773. The SMILES string of the molecule is O=CN(Cc1ccncc1)c1cnc(-c2ccc(F)c(F)c2)nc1NCCc1ccccn1. The molecular weight excluding hydrogens is 426 g/mol. The second-order valence-corrected chi connectivity index (χ2v) is 7.14. The molecule has 0 spiro atoms. The molecule has 0 radical (unpaired) electrons. The van der Waals surface area contributed by atoms with Crippen molar-refractivity contribution < 1.29 is 13.6 Å². The Balaban J connectivity index is 1.64. The maximum Gasteiger partial charge on any atom is 0.214 e. The quantitative estimate of drug-likeness (QED) is 0.391. The summed E-state index contributed by atoms with van der Waals surface area (Å²) in [5.74, 6) is -1.35. The molecule has 9 heteroatoms. The highest BCUT2D eigenvalue weighted by atomic mass is 19.2. The van der Waals surface area contributed by atoms with Crippen LogP contribution in [0.3, 0.4) is 0 Å². The van der Waals surface area contributed by atoms with Gasteiger partial charge in [-0.25, -0.2) is 18.7 Å². The standard InChI is InChI=1S/C24H20F2N6O/c25-20-5-4-18(13-21(20)26)23-30-14-22(32(16-33)15-17-6-10-27-11-7-17)24(31-23)29-12-8-19-3-1-2-9-28-19/h1-7,9-11,13-14,16H,8,12,15H2,(H,29,30,31). The minimum Gasteiger partial charge on any atom is -0.368 e. The number of nitrogens with one attached hydrogen (secondary N) is 1. The minimum absolute atomic E-state index is 0.202. The van der Waals surface area contributed by atoms with Gasteiger partial charge in [0.05, 0.1) is 12.7 Å². The van der Waals surface area contributed by atoms with E-state index in [0.29, 0.717) is 36.4 Å². The number of benzene rings is 1. The van der Waals surface area contributed by atoms with Crippen molar-refractivity contribution in [2.45, 2.75) is 13.0 Å². The predicted octanol–water partition coefficient (Wildman–Crippen LogP) is 4.03. The molecule has 0 saturated carbocycles. The number of hydrogen-bond donors (Lipinski definition) is 1. The molecule has 0 aliphatic rings. The molecule has 0 unspecified atom stereocenters. The highest BCUT2D eigenvalue weighted by Gasteiger charge is 2.16. The fraction of sp³-hybridized carbons (Fsp3) is 0.125. The molecule has 166 valence electrons. The highest BCUT2D eigenvalue weighted by Crippen LogP contribution is 2.27. The van der Waals surface area contributed by atoms with Gasteiger partial charge in [0.1, 0.15) is 5.69 Å². The smallest absolute Gasteiger partial charge is 0.214 e. The lowest BCUT2D eigenvalue weighted by Crippen LogP contribution is -2.23. The van der Waals surface area contributed by atoms with E-state index in [1.807, 2.05) is 18.2 Å². The van der Waals surface area contributed by atoms with Crippen LogP contribution >= 0.6 is 0 Å². The van der Waals surface area contributed by atoms with Crippen molar-refractivity contribution in [2.75, 3.05) is 16.8 Å². The van der Waals surface area contributed by atoms with E-state index in [9.17, 15) is 13.6 Å². The molecule has 1 N–H and O–H groups in total. The predicted molar refractivity (Wildman–Crippen MR) is 120 cm³/mol. The van der Waals surface area contributed by atoms with Crippen molar-refractivity contribution in [3.05, 3.63) is 96.2 Å². The van der Waals surface area contributed by atoms with Gasteiger partial charge in [0, 0.05) is 42.8 Å². The Labute approximate surface area is 189 Å². The summed E-state index contributed by atoms with van der Waals surface area (Å²) in [7, 11) is 0. The highest BCUT2D eigenvalue weighted by molar-refractivity contribution is 5.82. The van der Waals surface area contributed by atoms with Crippen molar-refractivity contribution in [1.29, 1.82) is 0 Å². The average Bonchev–Trinajstić information content (AvgIpc) is 2.86. The number of halogens is 2. The Bertz CT molecular complexity index is 1220. The van der Waals surface area contributed by atoms with Gasteiger partial charge in [-0.05, 0) is 48.0 Å². The molecule has 0 aliphatic heterocycles. The zero-order chi connectivity index (χ0) is 23.0. The topological polar surface area (TPSA) is 83.9 Å². The largest absolute Gasteiger partial charge is 0.368 e. The van der Waals surface area contributed by atoms with E-state index in [1.54, 1.807) is 30.7 Å². The zero-order valence-corrected chi connectivity index (χ0v) is 17.5. The van der Waals surface area contributed by atoms with Gasteiger partial charge < -0.3 is 10.2 Å². The van der Waals surface area contributed by atoms with Crippen molar-refractivity contribution in [2.24, 2.45) is 0 Å². The maximum atomic E-state index is 13.7. The van der Waals surface area contributed by atoms with Crippen LogP contribution in [0.5, 0.6) is 0 Å². The van der Waals surface area contributed by atoms with Crippen LogP contribution in [0.25, 0.3) is 11.4 Å². The minimum atomic E-state index is -0.989. The first-order valence-electron chi connectivity index (χ1n) is 10.2. The molecule has 0 atom stereocenters. The third kappa shape index (κ3) is 5.51. The van der Waals surface area contributed by atoms with Crippen LogP contribution in [0.15, 0.2) is 73.3 Å². The van der Waals surface area contributed by atoms with E-state index in [0.717, 1.165) is 23.4 Å². The Morgan fingerprint density at radius 3 is 2.55 bits per heavy atom. The molecule has 1 aromatic carbocycles. The molecule has 7 nitrogen and oxygen atoms in total. The lowest BCUT2D eigenvalue weighted by Gasteiger charge is -2.21. The summed E-state index contributed by atoms with van der Waals surface area (Å²) in [6.07, 6.45) is 7.81. The monoisotopic (exact) mass is 446 g/mol. The Kier molecular flexibility index (Phi) is 6.89. The second-order valence-electron chi connectivity index (χ2n) is 7.14. The Morgan fingerprint density at radius 1 is 0.970 bits per heavy atom. The van der Waals surface area contributed by atoms with Crippen molar-refractivity contribution >= 4 is 17.9 Å². The van der Waals surface area contributed by atoms with E-state index in [4.69, 9.17) is 0 Å². The van der Waals surface area contributed by atoms with Gasteiger partial charge in [0.2, 0.25) is 6.41 Å². The van der Waals surface area contributed by atoms with E-state index >= 15 is 0 Å². The van der Waals surface area contributed by atoms with Crippen LogP contribution in [0.1, 0.15) is 11.3 Å². The first kappa shape index (κ1) is 21.9. The summed E-state index contributed by atoms with van der Waals surface area (Å²) < 4.78 is 27.1. The van der Waals surface area contributed by atoms with Gasteiger partial charge in [-0.2, -0.15) is 0 Å². The van der Waals surface area contributed by atoms with Crippen LogP contribution in [0.2, 0.25) is 0 Å². The van der Waals surface area contributed by atoms with Gasteiger partial charge in [-0.15, -0.1) is 0 Å². The summed E-state index contributed by atoms with van der Waals surface area (Å²) in [6, 6.07) is 12.7. The average molecular weight is 446 g/mol. The first-order valence-corrected chi connectivity index (χ1v) is 10.2. The van der Waals surface area contributed by atoms with E-state index in [-0.39, 0.29) is 12.4 Å². The fourth-order valence-electron chi connectivity index (χ4n) is 3.21. The third-order valence-electron chi connectivity index (χ3n) is 4.89. The van der Waals surface area contributed by atoms with Crippen LogP contribution in [-0.4, -0.2) is 32.9 Å². The molecule has 3 aromatic heterocycles. The van der Waals surface area contributed by atoms with E-state index in [2.05, 4.69) is 25.3 Å². The number of aromatic nitrogens is 4. The number of pyridine rings is 2. The number of rotatable bonds is 9. The number of nitrogens with zero attached hydrogens (tertiary/aromatic N) is 5. The van der Waals surface area contributed by atoms with Gasteiger partial charge in [-0.3, -0.25) is 14.8 Å². The van der Waals surface area contributed by atoms with E-state index in [1.165, 1.54) is 17.2 Å². The fourth-order valence-corrected chi connectivity index (χ4v) is 3.21. The summed E-state index contributed by atoms with van der Waals surface area (Å²) in [5.41, 5.74) is 2.54. The molecule has 1 amide bonds. The van der Waals surface area contributed by atoms with Gasteiger partial charge >= 0.3 is 0 Å². The normalized spacial score (nSPS) is 10.6. The molecule has 0 aliphatic carbocycles. The van der Waals surface area contributed by atoms with Crippen LogP contribution in [-0.2, 0) is 17.8 Å². The second kappa shape index (κ2) is 10.4. The first-order chi connectivity index (χ1) is 16.1. The summed E-state index contributed by atoms with van der Waals surface area (Å²) >= 11 is 0. The van der Waals surface area contributed by atoms with Crippen molar-refractivity contribution in [1.82, 2.24) is 19.9 Å². The lowest BCUT2D eigenvalue weighted by atomic mass is 10.2. The third-order valence-corrected chi connectivity index (χ3v) is 4.89. The number of amides is 1. The number of anilines is 2. The molecular formula is C24H20F2N6O. The van der Waals surface area contributed by atoms with Gasteiger partial charge in [-0.1, -0.05) is 6.07 Å². The van der Waals surface area contributed by atoms with Crippen LogP contribution in [0.4, 0.5) is 20.3 Å². The molecule has 3 heterocycles. The van der Waals surface area contributed by atoms with E-state index < -0.39 is 11.6 Å². The summed E-state index contributed by atoms with van der Waals surface area (Å²) in [5, 5.41) is 3.23. The number of carbonyl (C=O) groups excluding carboxylic acids is 1. The summed E-state index contributed by atoms with van der Waals surface area (Å²) in [4.78, 5) is 30.5. The van der Waals surface area contributed by atoms with Gasteiger partial charge in [0.15, 0.2) is 23.3 Å². The number of carbonyl (C=O) groups is 1. The van der Waals surface area contributed by atoms with Gasteiger partial charge in [0.25, 0.3) is 0 Å². The van der Waals surface area contributed by atoms with Crippen molar-refractivity contribution in [3.8, 4) is 11.4 Å². The lowest BCUT2D eigenvalue weighted by molar-refractivity contribution is -0.107.